The fourth-order valence-corrected chi connectivity index (χ4v) is 5.35. The first-order valence-electron chi connectivity index (χ1n) is 10.3. The van der Waals surface area contributed by atoms with E-state index < -0.39 is 5.54 Å². The molecule has 2 amide bonds. The van der Waals surface area contributed by atoms with E-state index in [-0.39, 0.29) is 30.3 Å². The number of nitrogens with zero attached hydrogens (tertiary/aromatic N) is 2. The lowest BCUT2D eigenvalue weighted by molar-refractivity contribution is -0.168. The maximum Gasteiger partial charge on any atom is 0.255 e. The Morgan fingerprint density at radius 2 is 1.80 bits per heavy atom. The number of carbonyl (C=O) groups excluding carboxylic acids is 2. The van der Waals surface area contributed by atoms with Gasteiger partial charge in [0, 0.05) is 34.4 Å². The van der Waals surface area contributed by atoms with Crippen molar-refractivity contribution >= 4 is 34.3 Å². The summed E-state index contributed by atoms with van der Waals surface area (Å²) >= 11 is 6.59. The van der Waals surface area contributed by atoms with Gasteiger partial charge in [0.2, 0.25) is 5.91 Å². The summed E-state index contributed by atoms with van der Waals surface area (Å²) in [5.74, 6) is -0.185. The van der Waals surface area contributed by atoms with E-state index in [4.69, 9.17) is 11.6 Å². The molecule has 2 aromatic carbocycles. The van der Waals surface area contributed by atoms with Crippen molar-refractivity contribution < 1.29 is 9.59 Å². The number of rotatable bonds is 2. The molecule has 6 heteroatoms. The second-order valence-electron chi connectivity index (χ2n) is 8.64. The maximum absolute atomic E-state index is 13.7. The van der Waals surface area contributed by atoms with Gasteiger partial charge in [0.1, 0.15) is 6.54 Å². The molecule has 1 fully saturated rings. The van der Waals surface area contributed by atoms with E-state index in [1.165, 1.54) is 0 Å². The lowest BCUT2D eigenvalue weighted by atomic mass is 9.76. The minimum atomic E-state index is -1.06. The van der Waals surface area contributed by atoms with Crippen LogP contribution in [0.4, 0.5) is 0 Å². The normalized spacial score (nSPS) is 23.8. The predicted octanol–water partition coefficient (Wildman–Crippen LogP) is 4.26. The average molecular weight is 422 g/mol. The Hall–Kier alpha value is -2.79. The number of aromatic amines is 1. The predicted molar refractivity (Wildman–Crippen MR) is 118 cm³/mol. The van der Waals surface area contributed by atoms with Crippen molar-refractivity contribution in [2.45, 2.75) is 38.3 Å². The SMILES string of the molecule is CC(C)N1CC(=O)N2C[C@@H](c3ccccc3Cl)c3c([nH]c4ccccc34)[C@]2(C)C1=O. The lowest BCUT2D eigenvalue weighted by Gasteiger charge is -2.52. The summed E-state index contributed by atoms with van der Waals surface area (Å²) in [4.78, 5) is 33.9. The second kappa shape index (κ2) is 6.61. The highest BCUT2D eigenvalue weighted by atomic mass is 35.5. The van der Waals surface area contributed by atoms with Crippen molar-refractivity contribution in [1.29, 1.82) is 0 Å². The van der Waals surface area contributed by atoms with Crippen LogP contribution < -0.4 is 0 Å². The highest BCUT2D eigenvalue weighted by Crippen LogP contribution is 2.49. The summed E-state index contributed by atoms with van der Waals surface area (Å²) in [7, 11) is 0. The van der Waals surface area contributed by atoms with Crippen molar-refractivity contribution in [3.8, 4) is 0 Å². The first-order valence-corrected chi connectivity index (χ1v) is 10.7. The number of carbonyl (C=O) groups is 2. The molecule has 5 rings (SSSR count). The van der Waals surface area contributed by atoms with Crippen LogP contribution in [0.15, 0.2) is 48.5 Å². The third-order valence-corrected chi connectivity index (χ3v) is 7.02. The number of hydrogen-bond donors (Lipinski definition) is 1. The summed E-state index contributed by atoms with van der Waals surface area (Å²) in [5, 5.41) is 1.74. The number of aromatic nitrogens is 1. The molecule has 5 nitrogen and oxygen atoms in total. The Bertz CT molecular complexity index is 1180. The number of para-hydroxylation sites is 1. The fourth-order valence-electron chi connectivity index (χ4n) is 5.09. The number of halogens is 1. The van der Waals surface area contributed by atoms with Crippen molar-refractivity contribution in [2.75, 3.05) is 13.1 Å². The number of amides is 2. The van der Waals surface area contributed by atoms with E-state index in [1.807, 2.05) is 63.2 Å². The molecule has 2 aliphatic rings. The van der Waals surface area contributed by atoms with Gasteiger partial charge in [0.25, 0.3) is 5.91 Å². The second-order valence-corrected chi connectivity index (χ2v) is 9.04. The monoisotopic (exact) mass is 421 g/mol. The molecule has 0 aliphatic carbocycles. The van der Waals surface area contributed by atoms with E-state index in [0.29, 0.717) is 11.6 Å². The first-order chi connectivity index (χ1) is 14.3. The Labute approximate surface area is 180 Å². The lowest BCUT2D eigenvalue weighted by Crippen LogP contribution is -2.68. The van der Waals surface area contributed by atoms with E-state index in [9.17, 15) is 9.59 Å². The van der Waals surface area contributed by atoms with Crippen LogP contribution in [0, 0.1) is 0 Å². The number of hydrogen-bond acceptors (Lipinski definition) is 2. The van der Waals surface area contributed by atoms with Crippen LogP contribution in [0.1, 0.15) is 43.5 Å². The molecule has 1 saturated heterocycles. The van der Waals surface area contributed by atoms with E-state index >= 15 is 0 Å². The molecule has 154 valence electrons. The molecule has 3 heterocycles. The number of nitrogens with one attached hydrogen (secondary N) is 1. The number of H-pyrrole nitrogens is 1. The van der Waals surface area contributed by atoms with Crippen LogP contribution >= 0.6 is 11.6 Å². The standard InChI is InChI=1S/C24H24ClN3O2/c1-14(2)27-13-20(29)28-12-17(15-8-4-6-10-18(15)25)21-16-9-5-7-11-19(16)26-22(21)24(28,3)23(27)30/h4-11,14,17,26H,12-13H2,1-3H3/t17-,24+/m0/s1. The average Bonchev–Trinajstić information content (AvgIpc) is 3.12. The topological polar surface area (TPSA) is 56.4 Å². The van der Waals surface area contributed by atoms with E-state index in [1.54, 1.807) is 9.80 Å². The third kappa shape index (κ3) is 2.48. The Kier molecular flexibility index (Phi) is 4.23. The van der Waals surface area contributed by atoms with Gasteiger partial charge < -0.3 is 14.8 Å². The molecule has 0 spiro atoms. The quantitative estimate of drug-likeness (QED) is 0.672. The molecule has 3 aromatic rings. The van der Waals surface area contributed by atoms with Crippen LogP contribution in [0.3, 0.4) is 0 Å². The van der Waals surface area contributed by atoms with Crippen LogP contribution in [0.2, 0.25) is 5.02 Å². The Morgan fingerprint density at radius 3 is 2.53 bits per heavy atom. The van der Waals surface area contributed by atoms with Gasteiger partial charge in [-0.05, 0) is 44.0 Å². The highest BCUT2D eigenvalue weighted by Gasteiger charge is 2.56. The minimum Gasteiger partial charge on any atom is -0.356 e. The van der Waals surface area contributed by atoms with Gasteiger partial charge in [-0.1, -0.05) is 48.0 Å². The molecular weight excluding hydrogens is 398 g/mol. The van der Waals surface area contributed by atoms with Gasteiger partial charge in [0.15, 0.2) is 5.54 Å². The van der Waals surface area contributed by atoms with E-state index in [0.717, 1.165) is 27.7 Å². The van der Waals surface area contributed by atoms with Crippen LogP contribution in [-0.2, 0) is 15.1 Å². The van der Waals surface area contributed by atoms with E-state index in [2.05, 4.69) is 11.1 Å². The van der Waals surface area contributed by atoms with Crippen molar-refractivity contribution in [2.24, 2.45) is 0 Å². The smallest absolute Gasteiger partial charge is 0.255 e. The van der Waals surface area contributed by atoms with Crippen molar-refractivity contribution in [3.63, 3.8) is 0 Å². The number of piperazine rings is 1. The summed E-state index contributed by atoms with van der Waals surface area (Å²) < 4.78 is 0. The molecule has 0 radical (unpaired) electrons. The van der Waals surface area contributed by atoms with Gasteiger partial charge in [-0.15, -0.1) is 0 Å². The van der Waals surface area contributed by atoms with Gasteiger partial charge in [-0.3, -0.25) is 9.59 Å². The summed E-state index contributed by atoms with van der Waals surface area (Å²) in [5.41, 5.74) is 2.72. The van der Waals surface area contributed by atoms with Gasteiger partial charge in [-0.25, -0.2) is 0 Å². The zero-order valence-electron chi connectivity index (χ0n) is 17.3. The van der Waals surface area contributed by atoms with Crippen molar-refractivity contribution in [3.05, 3.63) is 70.4 Å². The van der Waals surface area contributed by atoms with Gasteiger partial charge >= 0.3 is 0 Å². The molecule has 30 heavy (non-hydrogen) atoms. The van der Waals surface area contributed by atoms with Crippen LogP contribution in [0.25, 0.3) is 10.9 Å². The van der Waals surface area contributed by atoms with Gasteiger partial charge in [0.05, 0.1) is 5.69 Å². The molecular formula is C24H24ClN3O2. The number of benzene rings is 2. The third-order valence-electron chi connectivity index (χ3n) is 6.67. The molecule has 1 aromatic heterocycles. The summed E-state index contributed by atoms with van der Waals surface area (Å²) in [6.45, 7) is 6.30. The zero-order valence-corrected chi connectivity index (χ0v) is 18.0. The Morgan fingerprint density at radius 1 is 1.10 bits per heavy atom. The largest absolute Gasteiger partial charge is 0.356 e. The molecule has 0 bridgehead atoms. The van der Waals surface area contributed by atoms with Gasteiger partial charge in [-0.2, -0.15) is 0 Å². The Balaban J connectivity index is 1.81. The first kappa shape index (κ1) is 19.2. The summed E-state index contributed by atoms with van der Waals surface area (Å²) in [6, 6.07) is 15.8. The molecule has 2 atom stereocenters. The molecule has 1 N–H and O–H groups in total. The molecule has 0 saturated carbocycles. The van der Waals surface area contributed by atoms with Crippen LogP contribution in [-0.4, -0.2) is 45.7 Å². The number of fused-ring (bicyclic) bond motifs is 5. The fraction of sp³-hybridized carbons (Fsp3) is 0.333. The van der Waals surface area contributed by atoms with Crippen molar-refractivity contribution in [1.82, 2.24) is 14.8 Å². The zero-order chi connectivity index (χ0) is 21.2. The summed E-state index contributed by atoms with van der Waals surface area (Å²) in [6.07, 6.45) is 0. The molecule has 0 unspecified atom stereocenters. The maximum atomic E-state index is 13.7. The molecule has 2 aliphatic heterocycles. The van der Waals surface area contributed by atoms with Crippen LogP contribution in [0.5, 0.6) is 0 Å². The minimum absolute atomic E-state index is 0.0350. The highest BCUT2D eigenvalue weighted by molar-refractivity contribution is 6.31.